The molecule has 0 heterocycles. The lowest BCUT2D eigenvalue weighted by molar-refractivity contribution is 0.190. The van der Waals surface area contributed by atoms with E-state index < -0.39 is 0 Å². The third-order valence-corrected chi connectivity index (χ3v) is 4.67. The minimum atomic E-state index is 0.214. The summed E-state index contributed by atoms with van der Waals surface area (Å²) in [7, 11) is 3.32. The van der Waals surface area contributed by atoms with Gasteiger partial charge in [-0.1, -0.05) is 22.9 Å². The fourth-order valence-corrected chi connectivity index (χ4v) is 3.41. The maximum Gasteiger partial charge on any atom is 0.161 e. The van der Waals surface area contributed by atoms with Crippen LogP contribution in [0.25, 0.3) is 0 Å². The zero-order valence-electron chi connectivity index (χ0n) is 13.1. The first kappa shape index (κ1) is 16.6. The number of benzene rings is 1. The van der Waals surface area contributed by atoms with Crippen LogP contribution in [0.1, 0.15) is 37.8 Å². The number of ether oxygens (including phenoxy) is 2. The fraction of sp³-hybridized carbons (Fsp3) is 0.625. The lowest BCUT2D eigenvalue weighted by Gasteiger charge is -2.32. The molecule has 0 bridgehead atoms. The Bertz CT molecular complexity index is 478. The molecule has 0 aliphatic heterocycles. The second-order valence-electron chi connectivity index (χ2n) is 5.45. The van der Waals surface area contributed by atoms with Crippen LogP contribution in [0, 0.1) is 0 Å². The maximum absolute atomic E-state index is 6.10. The van der Waals surface area contributed by atoms with Crippen LogP contribution in [0.15, 0.2) is 16.6 Å². The second-order valence-corrected chi connectivity index (χ2v) is 6.30. The van der Waals surface area contributed by atoms with Crippen molar-refractivity contribution < 1.29 is 9.47 Å². The lowest BCUT2D eigenvalue weighted by Crippen LogP contribution is -2.36. The van der Waals surface area contributed by atoms with Crippen LogP contribution in [-0.4, -0.2) is 38.3 Å². The van der Waals surface area contributed by atoms with E-state index in [0.29, 0.717) is 12.6 Å². The Hall–Kier alpha value is -0.780. The van der Waals surface area contributed by atoms with Crippen molar-refractivity contribution in [3.63, 3.8) is 0 Å². The molecule has 21 heavy (non-hydrogen) atoms. The first-order valence-corrected chi connectivity index (χ1v) is 8.32. The predicted octanol–water partition coefficient (Wildman–Crippen LogP) is 3.34. The van der Waals surface area contributed by atoms with Crippen molar-refractivity contribution in [1.29, 1.82) is 0 Å². The number of nitrogens with two attached hydrogens (primary N) is 1. The highest BCUT2D eigenvalue weighted by Crippen LogP contribution is 2.40. The minimum absolute atomic E-state index is 0.214. The highest BCUT2D eigenvalue weighted by Gasteiger charge is 2.34. The van der Waals surface area contributed by atoms with Gasteiger partial charge >= 0.3 is 0 Å². The quantitative estimate of drug-likeness (QED) is 0.775. The van der Waals surface area contributed by atoms with Gasteiger partial charge in [0.05, 0.1) is 14.2 Å². The highest BCUT2D eigenvalue weighted by atomic mass is 79.9. The zero-order chi connectivity index (χ0) is 15.4. The summed E-state index contributed by atoms with van der Waals surface area (Å²) in [5.41, 5.74) is 7.27. The van der Waals surface area contributed by atoms with Crippen molar-refractivity contribution in [2.45, 2.75) is 38.3 Å². The Morgan fingerprint density at radius 3 is 2.38 bits per heavy atom. The molecule has 4 nitrogen and oxygen atoms in total. The van der Waals surface area contributed by atoms with Gasteiger partial charge in [-0.2, -0.15) is 0 Å². The SMILES string of the molecule is CCCN(C1CC1)C(CN)c1cc(OC)c(OC)cc1Br. The molecule has 0 radical (unpaired) electrons. The Balaban J connectivity index is 2.36. The van der Waals surface area contributed by atoms with Crippen LogP contribution in [0.3, 0.4) is 0 Å². The van der Waals surface area contributed by atoms with Gasteiger partial charge in [0, 0.05) is 23.1 Å². The van der Waals surface area contributed by atoms with Gasteiger partial charge < -0.3 is 15.2 Å². The number of hydrogen-bond donors (Lipinski definition) is 1. The molecule has 1 saturated carbocycles. The van der Waals surface area contributed by atoms with E-state index in [9.17, 15) is 0 Å². The summed E-state index contributed by atoms with van der Waals surface area (Å²) in [5.74, 6) is 1.48. The molecule has 1 atom stereocenters. The molecule has 5 heteroatoms. The highest BCUT2D eigenvalue weighted by molar-refractivity contribution is 9.10. The Kier molecular flexibility index (Phi) is 5.90. The third kappa shape index (κ3) is 3.71. The molecule has 0 aromatic heterocycles. The Labute approximate surface area is 135 Å². The van der Waals surface area contributed by atoms with Gasteiger partial charge in [-0.05, 0) is 43.5 Å². The molecule has 2 N–H and O–H groups in total. The first-order valence-electron chi connectivity index (χ1n) is 7.53. The normalized spacial score (nSPS) is 16.1. The van der Waals surface area contributed by atoms with Crippen molar-refractivity contribution in [3.05, 3.63) is 22.2 Å². The lowest BCUT2D eigenvalue weighted by atomic mass is 10.0. The van der Waals surface area contributed by atoms with Gasteiger partial charge in [-0.15, -0.1) is 0 Å². The van der Waals surface area contributed by atoms with Gasteiger partial charge in [0.15, 0.2) is 11.5 Å². The van der Waals surface area contributed by atoms with E-state index in [1.54, 1.807) is 14.2 Å². The molecular formula is C16H25BrN2O2. The molecule has 0 saturated heterocycles. The van der Waals surface area contributed by atoms with Crippen LogP contribution in [-0.2, 0) is 0 Å². The molecule has 2 rings (SSSR count). The Morgan fingerprint density at radius 1 is 1.29 bits per heavy atom. The van der Waals surface area contributed by atoms with Crippen molar-refractivity contribution >= 4 is 15.9 Å². The first-order chi connectivity index (χ1) is 10.2. The third-order valence-electron chi connectivity index (χ3n) is 3.98. The summed E-state index contributed by atoms with van der Waals surface area (Å²) in [5, 5.41) is 0. The molecule has 1 aromatic rings. The van der Waals surface area contributed by atoms with Crippen molar-refractivity contribution in [1.82, 2.24) is 4.90 Å². The summed E-state index contributed by atoms with van der Waals surface area (Å²) >= 11 is 3.66. The molecule has 118 valence electrons. The van der Waals surface area contributed by atoms with E-state index in [0.717, 1.165) is 28.9 Å². The van der Waals surface area contributed by atoms with E-state index in [2.05, 4.69) is 27.8 Å². The zero-order valence-corrected chi connectivity index (χ0v) is 14.6. The van der Waals surface area contributed by atoms with Crippen LogP contribution < -0.4 is 15.2 Å². The predicted molar refractivity (Wildman–Crippen MR) is 89.1 cm³/mol. The average molecular weight is 357 g/mol. The van der Waals surface area contributed by atoms with Crippen molar-refractivity contribution in [2.75, 3.05) is 27.3 Å². The van der Waals surface area contributed by atoms with Gasteiger partial charge in [0.2, 0.25) is 0 Å². The number of hydrogen-bond acceptors (Lipinski definition) is 4. The molecule has 1 aliphatic carbocycles. The molecule has 1 fully saturated rings. The summed E-state index contributed by atoms with van der Waals surface area (Å²) in [6.45, 7) is 3.89. The Morgan fingerprint density at radius 2 is 1.90 bits per heavy atom. The van der Waals surface area contributed by atoms with Gasteiger partial charge in [-0.3, -0.25) is 4.90 Å². The van der Waals surface area contributed by atoms with Gasteiger partial charge in [-0.25, -0.2) is 0 Å². The van der Waals surface area contributed by atoms with Gasteiger partial charge in [0.1, 0.15) is 0 Å². The number of rotatable bonds is 8. The average Bonchev–Trinajstić information content (AvgIpc) is 3.32. The van der Waals surface area contributed by atoms with E-state index >= 15 is 0 Å². The van der Waals surface area contributed by atoms with E-state index in [-0.39, 0.29) is 6.04 Å². The monoisotopic (exact) mass is 356 g/mol. The largest absolute Gasteiger partial charge is 0.493 e. The van der Waals surface area contributed by atoms with Crippen LogP contribution in [0.2, 0.25) is 0 Å². The molecule has 1 aromatic carbocycles. The number of halogens is 1. The van der Waals surface area contributed by atoms with E-state index in [4.69, 9.17) is 15.2 Å². The van der Waals surface area contributed by atoms with Gasteiger partial charge in [0.25, 0.3) is 0 Å². The minimum Gasteiger partial charge on any atom is -0.493 e. The van der Waals surface area contributed by atoms with Crippen LogP contribution in [0.5, 0.6) is 11.5 Å². The number of nitrogens with zero attached hydrogens (tertiary/aromatic N) is 1. The van der Waals surface area contributed by atoms with E-state index in [1.165, 1.54) is 18.4 Å². The van der Waals surface area contributed by atoms with Crippen LogP contribution >= 0.6 is 15.9 Å². The standard InChI is InChI=1S/C16H25BrN2O2/c1-4-7-19(11-5-6-11)14(10-18)12-8-15(20-2)16(21-3)9-13(12)17/h8-9,11,14H,4-7,10,18H2,1-3H3. The van der Waals surface area contributed by atoms with Crippen LogP contribution in [0.4, 0.5) is 0 Å². The number of methoxy groups -OCH3 is 2. The van der Waals surface area contributed by atoms with E-state index in [1.807, 2.05) is 12.1 Å². The summed E-state index contributed by atoms with van der Waals surface area (Å²) in [6, 6.07) is 4.91. The summed E-state index contributed by atoms with van der Waals surface area (Å²) in [6.07, 6.45) is 3.70. The molecule has 1 unspecified atom stereocenters. The summed E-state index contributed by atoms with van der Waals surface area (Å²) in [4.78, 5) is 2.53. The van der Waals surface area contributed by atoms with Crippen molar-refractivity contribution in [3.8, 4) is 11.5 Å². The molecule has 1 aliphatic rings. The fourth-order valence-electron chi connectivity index (χ4n) is 2.82. The summed E-state index contributed by atoms with van der Waals surface area (Å²) < 4.78 is 11.8. The maximum atomic E-state index is 6.10. The smallest absolute Gasteiger partial charge is 0.161 e. The molecule has 0 amide bonds. The van der Waals surface area contributed by atoms with Crippen molar-refractivity contribution in [2.24, 2.45) is 5.73 Å². The molecule has 0 spiro atoms. The second kappa shape index (κ2) is 7.47. The molecular weight excluding hydrogens is 332 g/mol. The topological polar surface area (TPSA) is 47.7 Å².